The smallest absolute Gasteiger partial charge is 0.331 e. The molecule has 0 aromatic rings. The summed E-state index contributed by atoms with van der Waals surface area (Å²) in [5.41, 5.74) is 0.560. The van der Waals surface area contributed by atoms with Gasteiger partial charge in [0.05, 0.1) is 0 Å². The van der Waals surface area contributed by atoms with Crippen molar-refractivity contribution >= 4 is 5.97 Å². The Labute approximate surface area is 78.8 Å². The van der Waals surface area contributed by atoms with Gasteiger partial charge in [0.25, 0.3) is 0 Å². The van der Waals surface area contributed by atoms with Gasteiger partial charge in [0.2, 0.25) is 0 Å². The fourth-order valence-electron chi connectivity index (χ4n) is 1.61. The number of carboxylic acid groups (broad SMARTS) is 1. The summed E-state index contributed by atoms with van der Waals surface area (Å²) >= 11 is 0. The summed E-state index contributed by atoms with van der Waals surface area (Å²) in [5.74, 6) is -0.169. The van der Waals surface area contributed by atoms with Crippen molar-refractivity contribution in [3.63, 3.8) is 0 Å². The van der Waals surface area contributed by atoms with Gasteiger partial charge in [-0.05, 0) is 25.3 Å². The van der Waals surface area contributed by atoms with E-state index in [0.717, 1.165) is 13.0 Å². The molecule has 3 heteroatoms. The summed E-state index contributed by atoms with van der Waals surface area (Å²) < 4.78 is 0. The molecule has 3 nitrogen and oxygen atoms in total. The minimum absolute atomic E-state index is 0.250. The van der Waals surface area contributed by atoms with E-state index in [0.29, 0.717) is 17.9 Å². The summed E-state index contributed by atoms with van der Waals surface area (Å²) in [6.45, 7) is 5.07. The van der Waals surface area contributed by atoms with E-state index in [1.54, 1.807) is 0 Å². The molecule has 1 rings (SSSR count). The lowest BCUT2D eigenvalue weighted by atomic mass is 9.97. The highest BCUT2D eigenvalue weighted by molar-refractivity contribution is 5.86. The van der Waals surface area contributed by atoms with Crippen molar-refractivity contribution in [2.45, 2.75) is 32.7 Å². The summed E-state index contributed by atoms with van der Waals surface area (Å²) in [6.07, 6.45) is 3.51. The second kappa shape index (κ2) is 4.42. The van der Waals surface area contributed by atoms with E-state index in [2.05, 4.69) is 19.2 Å². The Bertz CT molecular complexity index is 221. The molecule has 2 N–H and O–H groups in total. The molecule has 0 aromatic carbocycles. The van der Waals surface area contributed by atoms with Crippen LogP contribution in [0.5, 0.6) is 0 Å². The molecule has 1 heterocycles. The van der Waals surface area contributed by atoms with Gasteiger partial charge in [-0.1, -0.05) is 19.9 Å². The number of carboxylic acids is 1. The number of hydrogen-bond acceptors (Lipinski definition) is 2. The Kier molecular flexibility index (Phi) is 3.48. The van der Waals surface area contributed by atoms with E-state index in [-0.39, 0.29) is 6.04 Å². The average Bonchev–Trinajstić information content (AvgIpc) is 2.03. The highest BCUT2D eigenvalue weighted by atomic mass is 16.4. The van der Waals surface area contributed by atoms with Gasteiger partial charge in [-0.3, -0.25) is 0 Å². The monoisotopic (exact) mass is 183 g/mol. The third-order valence-corrected chi connectivity index (χ3v) is 2.20. The maximum absolute atomic E-state index is 10.7. The second-order valence-corrected chi connectivity index (χ2v) is 3.94. The first kappa shape index (κ1) is 10.3. The Balaban J connectivity index is 2.57. The zero-order valence-electron chi connectivity index (χ0n) is 8.21. The fraction of sp³-hybridized carbons (Fsp3) is 0.700. The SMILES string of the molecule is CC(C)CC1C=C(C(=O)O)CCN1. The third kappa shape index (κ3) is 3.19. The normalized spacial score (nSPS) is 23.0. The molecule has 0 radical (unpaired) electrons. The first-order valence-corrected chi connectivity index (χ1v) is 4.77. The van der Waals surface area contributed by atoms with Crippen LogP contribution in [0.25, 0.3) is 0 Å². The number of carbonyl (C=O) groups is 1. The van der Waals surface area contributed by atoms with Crippen molar-refractivity contribution in [2.24, 2.45) is 5.92 Å². The number of aliphatic carboxylic acids is 1. The Morgan fingerprint density at radius 2 is 2.46 bits per heavy atom. The van der Waals surface area contributed by atoms with Crippen LogP contribution >= 0.6 is 0 Å². The lowest BCUT2D eigenvalue weighted by molar-refractivity contribution is -0.132. The molecule has 0 fully saturated rings. The summed E-state index contributed by atoms with van der Waals surface area (Å²) in [7, 11) is 0. The van der Waals surface area contributed by atoms with Crippen molar-refractivity contribution in [1.29, 1.82) is 0 Å². The maximum atomic E-state index is 10.7. The number of nitrogens with one attached hydrogen (secondary N) is 1. The predicted octanol–water partition coefficient (Wildman–Crippen LogP) is 1.41. The lowest BCUT2D eigenvalue weighted by Crippen LogP contribution is -2.34. The summed E-state index contributed by atoms with van der Waals surface area (Å²) in [6, 6.07) is 0.250. The van der Waals surface area contributed by atoms with Crippen molar-refractivity contribution < 1.29 is 9.90 Å². The minimum atomic E-state index is -0.768. The van der Waals surface area contributed by atoms with Crippen LogP contribution in [0.3, 0.4) is 0 Å². The molecule has 0 bridgehead atoms. The maximum Gasteiger partial charge on any atom is 0.331 e. The fourth-order valence-corrected chi connectivity index (χ4v) is 1.61. The van der Waals surface area contributed by atoms with Crippen LogP contribution in [0.2, 0.25) is 0 Å². The molecular formula is C10H17NO2. The van der Waals surface area contributed by atoms with E-state index in [4.69, 9.17) is 5.11 Å². The van der Waals surface area contributed by atoms with Crippen LogP contribution in [0.4, 0.5) is 0 Å². The van der Waals surface area contributed by atoms with E-state index < -0.39 is 5.97 Å². The quantitative estimate of drug-likeness (QED) is 0.695. The first-order chi connectivity index (χ1) is 6.09. The molecule has 0 saturated heterocycles. The van der Waals surface area contributed by atoms with Gasteiger partial charge >= 0.3 is 5.97 Å². The number of hydrogen-bond donors (Lipinski definition) is 2. The minimum Gasteiger partial charge on any atom is -0.478 e. The van der Waals surface area contributed by atoms with Crippen molar-refractivity contribution in [2.75, 3.05) is 6.54 Å². The van der Waals surface area contributed by atoms with E-state index in [9.17, 15) is 4.79 Å². The van der Waals surface area contributed by atoms with Gasteiger partial charge in [0.15, 0.2) is 0 Å². The number of rotatable bonds is 3. The van der Waals surface area contributed by atoms with Crippen LogP contribution < -0.4 is 5.32 Å². The lowest BCUT2D eigenvalue weighted by Gasteiger charge is -2.22. The summed E-state index contributed by atoms with van der Waals surface area (Å²) in [4.78, 5) is 10.7. The molecule has 0 spiro atoms. The van der Waals surface area contributed by atoms with Gasteiger partial charge in [-0.15, -0.1) is 0 Å². The predicted molar refractivity (Wildman–Crippen MR) is 51.6 cm³/mol. The first-order valence-electron chi connectivity index (χ1n) is 4.77. The van der Waals surface area contributed by atoms with Gasteiger partial charge < -0.3 is 10.4 Å². The molecule has 0 aliphatic carbocycles. The topological polar surface area (TPSA) is 49.3 Å². The van der Waals surface area contributed by atoms with Crippen LogP contribution in [0, 0.1) is 5.92 Å². The second-order valence-electron chi connectivity index (χ2n) is 3.94. The molecule has 1 aliphatic rings. The summed E-state index contributed by atoms with van der Waals surface area (Å²) in [5, 5.41) is 12.1. The van der Waals surface area contributed by atoms with Crippen molar-refractivity contribution in [1.82, 2.24) is 5.32 Å². The molecule has 74 valence electrons. The van der Waals surface area contributed by atoms with Crippen LogP contribution in [-0.4, -0.2) is 23.7 Å². The zero-order chi connectivity index (χ0) is 9.84. The van der Waals surface area contributed by atoms with Crippen LogP contribution in [-0.2, 0) is 4.79 Å². The van der Waals surface area contributed by atoms with Gasteiger partial charge in [0, 0.05) is 11.6 Å². The van der Waals surface area contributed by atoms with Crippen molar-refractivity contribution in [3.05, 3.63) is 11.6 Å². The molecule has 1 aliphatic heterocycles. The van der Waals surface area contributed by atoms with E-state index >= 15 is 0 Å². The average molecular weight is 183 g/mol. The molecule has 13 heavy (non-hydrogen) atoms. The van der Waals surface area contributed by atoms with Crippen LogP contribution in [0.1, 0.15) is 26.7 Å². The van der Waals surface area contributed by atoms with Crippen molar-refractivity contribution in [3.8, 4) is 0 Å². The largest absolute Gasteiger partial charge is 0.478 e. The van der Waals surface area contributed by atoms with Gasteiger partial charge in [-0.25, -0.2) is 4.79 Å². The molecule has 0 aromatic heterocycles. The van der Waals surface area contributed by atoms with E-state index in [1.165, 1.54) is 0 Å². The van der Waals surface area contributed by atoms with Gasteiger partial charge in [-0.2, -0.15) is 0 Å². The van der Waals surface area contributed by atoms with Gasteiger partial charge in [0.1, 0.15) is 0 Å². The zero-order valence-corrected chi connectivity index (χ0v) is 8.21. The molecular weight excluding hydrogens is 166 g/mol. The Hall–Kier alpha value is -0.830. The molecule has 0 saturated carbocycles. The molecule has 1 atom stereocenters. The third-order valence-electron chi connectivity index (χ3n) is 2.20. The molecule has 1 unspecified atom stereocenters. The molecule has 0 amide bonds. The van der Waals surface area contributed by atoms with E-state index in [1.807, 2.05) is 6.08 Å². The standard InChI is InChI=1S/C10H17NO2/c1-7(2)5-9-6-8(10(12)13)3-4-11-9/h6-7,9,11H,3-5H2,1-2H3,(H,12,13). The highest BCUT2D eigenvalue weighted by Gasteiger charge is 2.17. The highest BCUT2D eigenvalue weighted by Crippen LogP contribution is 2.14. The Morgan fingerprint density at radius 3 is 3.00 bits per heavy atom. The van der Waals surface area contributed by atoms with Crippen LogP contribution in [0.15, 0.2) is 11.6 Å². The Morgan fingerprint density at radius 1 is 1.77 bits per heavy atom.